The highest BCUT2D eigenvalue weighted by Gasteiger charge is 1.98. The molecule has 0 atom stereocenters. The Morgan fingerprint density at radius 3 is 2.43 bits per heavy atom. The summed E-state index contributed by atoms with van der Waals surface area (Å²) in [6.45, 7) is 4.02. The summed E-state index contributed by atoms with van der Waals surface area (Å²) in [5.41, 5.74) is 0. The van der Waals surface area contributed by atoms with E-state index in [1.165, 1.54) is 12.8 Å². The van der Waals surface area contributed by atoms with Gasteiger partial charge in [-0.3, -0.25) is 4.79 Å². The maximum absolute atomic E-state index is 11.2. The van der Waals surface area contributed by atoms with Crippen LogP contribution in [0.4, 0.5) is 0 Å². The van der Waals surface area contributed by atoms with Crippen LogP contribution in [0.5, 0.6) is 0 Å². The van der Waals surface area contributed by atoms with Crippen molar-refractivity contribution in [2.24, 2.45) is 0 Å². The third-order valence-electron chi connectivity index (χ3n) is 2.18. The maximum Gasteiger partial charge on any atom is 0.219 e. The molecule has 84 valence electrons. The van der Waals surface area contributed by atoms with Crippen LogP contribution in [0.15, 0.2) is 0 Å². The Morgan fingerprint density at radius 1 is 1.07 bits per heavy atom. The highest BCUT2D eigenvalue weighted by molar-refractivity contribution is 5.75. The summed E-state index contributed by atoms with van der Waals surface area (Å²) >= 11 is 0. The van der Waals surface area contributed by atoms with E-state index in [0.29, 0.717) is 6.42 Å². The lowest BCUT2D eigenvalue weighted by Gasteiger charge is -2.04. The molecule has 0 bridgehead atoms. The Hall–Kier alpha value is -0.570. The third-order valence-corrected chi connectivity index (χ3v) is 2.18. The van der Waals surface area contributed by atoms with Gasteiger partial charge in [-0.15, -0.1) is 0 Å². The van der Waals surface area contributed by atoms with Gasteiger partial charge >= 0.3 is 0 Å². The molecule has 0 saturated carbocycles. The van der Waals surface area contributed by atoms with Crippen molar-refractivity contribution in [1.82, 2.24) is 10.6 Å². The molecule has 0 heterocycles. The summed E-state index contributed by atoms with van der Waals surface area (Å²) in [7, 11) is 1.94. The number of hydrogen-bond acceptors (Lipinski definition) is 2. The molecule has 0 aromatic rings. The average Bonchev–Trinajstić information content (AvgIpc) is 2.19. The highest BCUT2D eigenvalue weighted by Crippen LogP contribution is 1.95. The SMILES string of the molecule is CCCCCNC(=O)CCCCNC. The molecule has 0 rings (SSSR count). The largest absolute Gasteiger partial charge is 0.356 e. The van der Waals surface area contributed by atoms with Crippen molar-refractivity contribution < 1.29 is 4.79 Å². The molecule has 0 aliphatic carbocycles. The molecule has 0 aliphatic rings. The fourth-order valence-corrected chi connectivity index (χ4v) is 1.28. The molecule has 0 spiro atoms. The second kappa shape index (κ2) is 10.5. The van der Waals surface area contributed by atoms with Crippen LogP contribution < -0.4 is 10.6 Å². The zero-order valence-electron chi connectivity index (χ0n) is 9.57. The summed E-state index contributed by atoms with van der Waals surface area (Å²) in [5.74, 6) is 0.206. The van der Waals surface area contributed by atoms with Crippen molar-refractivity contribution in [1.29, 1.82) is 0 Å². The number of amides is 1. The van der Waals surface area contributed by atoms with Crippen LogP contribution in [0.2, 0.25) is 0 Å². The molecule has 0 aromatic carbocycles. The predicted molar refractivity (Wildman–Crippen MR) is 60.3 cm³/mol. The summed E-state index contributed by atoms with van der Waals surface area (Å²) < 4.78 is 0. The van der Waals surface area contributed by atoms with Gasteiger partial charge in [0.2, 0.25) is 5.91 Å². The van der Waals surface area contributed by atoms with Crippen LogP contribution in [-0.2, 0) is 4.79 Å². The van der Waals surface area contributed by atoms with E-state index in [9.17, 15) is 4.79 Å². The van der Waals surface area contributed by atoms with Crippen LogP contribution in [0.25, 0.3) is 0 Å². The van der Waals surface area contributed by atoms with Crippen molar-refractivity contribution in [3.05, 3.63) is 0 Å². The smallest absolute Gasteiger partial charge is 0.219 e. The first kappa shape index (κ1) is 13.4. The molecule has 0 saturated heterocycles. The van der Waals surface area contributed by atoms with Gasteiger partial charge in [-0.2, -0.15) is 0 Å². The van der Waals surface area contributed by atoms with E-state index in [1.807, 2.05) is 7.05 Å². The standard InChI is InChI=1S/C11H24N2O/c1-3-4-6-10-13-11(14)8-5-7-9-12-2/h12H,3-10H2,1-2H3,(H,13,14). The molecule has 14 heavy (non-hydrogen) atoms. The van der Waals surface area contributed by atoms with Gasteiger partial charge in [0.05, 0.1) is 0 Å². The molecule has 0 aliphatic heterocycles. The topological polar surface area (TPSA) is 41.1 Å². The normalized spacial score (nSPS) is 10.1. The second-order valence-electron chi connectivity index (χ2n) is 3.62. The van der Waals surface area contributed by atoms with E-state index >= 15 is 0 Å². The first-order valence-corrected chi connectivity index (χ1v) is 5.72. The van der Waals surface area contributed by atoms with E-state index in [1.54, 1.807) is 0 Å². The van der Waals surface area contributed by atoms with Crippen molar-refractivity contribution >= 4 is 5.91 Å². The van der Waals surface area contributed by atoms with Gasteiger partial charge in [-0.05, 0) is 32.9 Å². The minimum absolute atomic E-state index is 0.206. The van der Waals surface area contributed by atoms with E-state index in [2.05, 4.69) is 17.6 Å². The lowest BCUT2D eigenvalue weighted by molar-refractivity contribution is -0.121. The van der Waals surface area contributed by atoms with Crippen LogP contribution in [0.1, 0.15) is 45.4 Å². The van der Waals surface area contributed by atoms with Crippen molar-refractivity contribution in [3.63, 3.8) is 0 Å². The number of unbranched alkanes of at least 4 members (excludes halogenated alkanes) is 3. The third kappa shape index (κ3) is 9.52. The molecule has 3 nitrogen and oxygen atoms in total. The number of carbonyl (C=O) groups excluding carboxylic acids is 1. The van der Waals surface area contributed by atoms with Crippen LogP contribution in [0.3, 0.4) is 0 Å². The Bertz CT molecular complexity index is 123. The minimum atomic E-state index is 0.206. The molecular weight excluding hydrogens is 176 g/mol. The van der Waals surface area contributed by atoms with Crippen LogP contribution in [-0.4, -0.2) is 26.0 Å². The second-order valence-corrected chi connectivity index (χ2v) is 3.62. The zero-order chi connectivity index (χ0) is 10.6. The number of nitrogens with one attached hydrogen (secondary N) is 2. The molecular formula is C11H24N2O. The van der Waals surface area contributed by atoms with E-state index < -0.39 is 0 Å². The summed E-state index contributed by atoms with van der Waals surface area (Å²) in [6.07, 6.45) is 6.27. The van der Waals surface area contributed by atoms with Gasteiger partial charge < -0.3 is 10.6 Å². The molecule has 0 radical (unpaired) electrons. The zero-order valence-corrected chi connectivity index (χ0v) is 9.57. The molecule has 3 heteroatoms. The van der Waals surface area contributed by atoms with E-state index in [4.69, 9.17) is 0 Å². The van der Waals surface area contributed by atoms with Crippen molar-refractivity contribution in [2.45, 2.75) is 45.4 Å². The Balaban J connectivity index is 3.11. The summed E-state index contributed by atoms with van der Waals surface area (Å²) in [5, 5.41) is 6.00. The lowest BCUT2D eigenvalue weighted by Crippen LogP contribution is -2.24. The van der Waals surface area contributed by atoms with Gasteiger partial charge in [0.25, 0.3) is 0 Å². The fraction of sp³-hybridized carbons (Fsp3) is 0.909. The Labute approximate surface area is 87.6 Å². The number of hydrogen-bond donors (Lipinski definition) is 2. The van der Waals surface area contributed by atoms with E-state index in [-0.39, 0.29) is 5.91 Å². The van der Waals surface area contributed by atoms with Gasteiger partial charge in [0, 0.05) is 13.0 Å². The predicted octanol–water partition coefficient (Wildman–Crippen LogP) is 1.68. The monoisotopic (exact) mass is 200 g/mol. The Morgan fingerprint density at radius 2 is 1.79 bits per heavy atom. The van der Waals surface area contributed by atoms with Crippen LogP contribution >= 0.6 is 0 Å². The quantitative estimate of drug-likeness (QED) is 0.556. The fourth-order valence-electron chi connectivity index (χ4n) is 1.28. The minimum Gasteiger partial charge on any atom is -0.356 e. The highest BCUT2D eigenvalue weighted by atomic mass is 16.1. The summed E-state index contributed by atoms with van der Waals surface area (Å²) in [4.78, 5) is 11.2. The van der Waals surface area contributed by atoms with Crippen molar-refractivity contribution in [3.8, 4) is 0 Å². The average molecular weight is 200 g/mol. The van der Waals surface area contributed by atoms with Gasteiger partial charge in [0.15, 0.2) is 0 Å². The molecule has 2 N–H and O–H groups in total. The lowest BCUT2D eigenvalue weighted by atomic mass is 10.2. The molecule has 0 aromatic heterocycles. The van der Waals surface area contributed by atoms with Gasteiger partial charge in [-0.25, -0.2) is 0 Å². The molecule has 0 unspecified atom stereocenters. The molecule has 1 amide bonds. The maximum atomic E-state index is 11.2. The van der Waals surface area contributed by atoms with Crippen LogP contribution in [0, 0.1) is 0 Å². The Kier molecular flexibility index (Phi) is 10.1. The van der Waals surface area contributed by atoms with E-state index in [0.717, 1.165) is 32.4 Å². The van der Waals surface area contributed by atoms with Gasteiger partial charge in [-0.1, -0.05) is 19.8 Å². The number of rotatable bonds is 9. The van der Waals surface area contributed by atoms with Crippen molar-refractivity contribution in [2.75, 3.05) is 20.1 Å². The molecule has 0 fully saturated rings. The first-order chi connectivity index (χ1) is 6.81. The number of carbonyl (C=O) groups is 1. The first-order valence-electron chi connectivity index (χ1n) is 5.72. The summed E-state index contributed by atoms with van der Waals surface area (Å²) in [6, 6.07) is 0. The van der Waals surface area contributed by atoms with Gasteiger partial charge in [0.1, 0.15) is 0 Å².